The van der Waals surface area contributed by atoms with Gasteiger partial charge in [-0.3, -0.25) is 0 Å². The molecule has 2 unspecified atom stereocenters. The first kappa shape index (κ1) is 15.8. The fourth-order valence-corrected chi connectivity index (χ4v) is 9.66. The molecule has 0 heterocycles. The summed E-state index contributed by atoms with van der Waals surface area (Å²) in [6.45, 7) is 7.11. The molecule has 0 aromatic carbocycles. The topological polar surface area (TPSA) is 41.8 Å². The summed E-state index contributed by atoms with van der Waals surface area (Å²) in [7, 11) is 1.87. The van der Waals surface area contributed by atoms with Gasteiger partial charge >= 0.3 is 135 Å². The molecule has 21 heavy (non-hydrogen) atoms. The van der Waals surface area contributed by atoms with Crippen LogP contribution in [-0.4, -0.2) is 39.1 Å². The second kappa shape index (κ2) is 5.54. The second-order valence-corrected chi connectivity index (χ2v) is 10.7. The summed E-state index contributed by atoms with van der Waals surface area (Å²) >= 11 is 0.489. The average molecular weight is 358 g/mol. The molecule has 3 saturated carbocycles. The molecule has 0 spiro atoms. The van der Waals surface area contributed by atoms with Crippen molar-refractivity contribution in [3.63, 3.8) is 0 Å². The van der Waals surface area contributed by atoms with Crippen LogP contribution in [0.15, 0.2) is 5.16 Å². The molecular formula is C17H29NO2Se. The molecule has 120 valence electrons. The van der Waals surface area contributed by atoms with E-state index in [1.165, 1.54) is 38.5 Å². The van der Waals surface area contributed by atoms with Crippen LogP contribution in [-0.2, 0) is 4.74 Å². The van der Waals surface area contributed by atoms with Crippen molar-refractivity contribution in [3.05, 3.63) is 0 Å². The minimum absolute atomic E-state index is 0.107. The minimum atomic E-state index is 0.107. The third kappa shape index (κ3) is 2.21. The molecule has 3 nitrogen and oxygen atoms in total. The van der Waals surface area contributed by atoms with Gasteiger partial charge in [0.15, 0.2) is 0 Å². The van der Waals surface area contributed by atoms with E-state index in [9.17, 15) is 5.21 Å². The second-order valence-electron chi connectivity index (χ2n) is 7.84. The van der Waals surface area contributed by atoms with Gasteiger partial charge in [0.25, 0.3) is 0 Å². The Kier molecular flexibility index (Phi) is 4.18. The van der Waals surface area contributed by atoms with Gasteiger partial charge in [-0.05, 0) is 0 Å². The average Bonchev–Trinajstić information content (AvgIpc) is 2.78. The zero-order valence-electron chi connectivity index (χ0n) is 13.8. The number of fused-ring (bicyclic) bond motifs is 2. The van der Waals surface area contributed by atoms with E-state index in [0.717, 1.165) is 5.71 Å². The Labute approximate surface area is 135 Å². The standard InChI is InChI=1S/C17H29NO2Se/c1-16(2)11-9-10-17(16,3)15(18-19)14(11)21-13-8-6-5-7-12(13)20-4/h11-14,19H,5-10H2,1-4H3/b18-15+/t11-,12?,13?,14+,17+/m1/s1. The fourth-order valence-electron chi connectivity index (χ4n) is 5.03. The van der Waals surface area contributed by atoms with Crippen LogP contribution in [0.1, 0.15) is 59.3 Å². The molecule has 5 atom stereocenters. The number of nitrogens with zero attached hydrogens (tertiary/aromatic N) is 1. The Balaban J connectivity index is 1.82. The fraction of sp³-hybridized carbons (Fsp3) is 0.941. The molecule has 3 fully saturated rings. The van der Waals surface area contributed by atoms with Crippen molar-refractivity contribution in [2.45, 2.75) is 75.0 Å². The first-order chi connectivity index (χ1) is 9.95. The van der Waals surface area contributed by atoms with Gasteiger partial charge in [0.2, 0.25) is 0 Å². The predicted octanol–water partition coefficient (Wildman–Crippen LogP) is 4.14. The summed E-state index contributed by atoms with van der Waals surface area (Å²) in [6, 6.07) is 0. The van der Waals surface area contributed by atoms with Crippen LogP contribution >= 0.6 is 0 Å². The van der Waals surface area contributed by atoms with Gasteiger partial charge in [-0.15, -0.1) is 0 Å². The van der Waals surface area contributed by atoms with Crippen molar-refractivity contribution in [1.82, 2.24) is 0 Å². The van der Waals surface area contributed by atoms with E-state index in [-0.39, 0.29) is 10.8 Å². The third-order valence-electron chi connectivity index (χ3n) is 6.88. The zero-order valence-corrected chi connectivity index (χ0v) is 15.5. The van der Waals surface area contributed by atoms with Crippen molar-refractivity contribution in [2.75, 3.05) is 7.11 Å². The van der Waals surface area contributed by atoms with Crippen molar-refractivity contribution < 1.29 is 9.94 Å². The van der Waals surface area contributed by atoms with Crippen LogP contribution in [0.4, 0.5) is 0 Å². The summed E-state index contributed by atoms with van der Waals surface area (Å²) in [6.07, 6.45) is 8.10. The Morgan fingerprint density at radius 2 is 1.90 bits per heavy atom. The van der Waals surface area contributed by atoms with Gasteiger partial charge in [-0.2, -0.15) is 0 Å². The van der Waals surface area contributed by atoms with Crippen LogP contribution in [0.25, 0.3) is 0 Å². The monoisotopic (exact) mass is 359 g/mol. The number of rotatable bonds is 3. The Morgan fingerprint density at radius 1 is 1.19 bits per heavy atom. The quantitative estimate of drug-likeness (QED) is 0.468. The molecule has 0 aliphatic heterocycles. The van der Waals surface area contributed by atoms with E-state index < -0.39 is 0 Å². The normalized spacial score (nSPS) is 47.1. The summed E-state index contributed by atoms with van der Waals surface area (Å²) < 4.78 is 5.75. The first-order valence-electron chi connectivity index (χ1n) is 8.36. The van der Waals surface area contributed by atoms with E-state index in [4.69, 9.17) is 4.74 Å². The molecule has 2 bridgehead atoms. The van der Waals surface area contributed by atoms with E-state index in [1.807, 2.05) is 7.11 Å². The van der Waals surface area contributed by atoms with Crippen molar-refractivity contribution in [3.8, 4) is 0 Å². The van der Waals surface area contributed by atoms with Crippen molar-refractivity contribution >= 4 is 20.7 Å². The van der Waals surface area contributed by atoms with Crippen LogP contribution in [0.5, 0.6) is 0 Å². The number of ether oxygens (including phenoxy) is 1. The van der Waals surface area contributed by atoms with Gasteiger partial charge in [-0.1, -0.05) is 0 Å². The first-order valence-corrected chi connectivity index (χ1v) is 10.3. The molecule has 0 aromatic rings. The van der Waals surface area contributed by atoms with E-state index in [2.05, 4.69) is 25.9 Å². The number of hydrogen-bond donors (Lipinski definition) is 1. The predicted molar refractivity (Wildman–Crippen MR) is 86.4 cm³/mol. The van der Waals surface area contributed by atoms with Gasteiger partial charge in [-0.25, -0.2) is 0 Å². The molecule has 3 aliphatic carbocycles. The van der Waals surface area contributed by atoms with Gasteiger partial charge in [0.05, 0.1) is 0 Å². The Morgan fingerprint density at radius 3 is 2.57 bits per heavy atom. The summed E-state index contributed by atoms with van der Waals surface area (Å²) in [4.78, 5) is 1.23. The molecule has 3 rings (SSSR count). The molecule has 4 heteroatoms. The zero-order chi connectivity index (χ0) is 15.3. The summed E-state index contributed by atoms with van der Waals surface area (Å²) in [5.41, 5.74) is 1.50. The van der Waals surface area contributed by atoms with Gasteiger partial charge in [0.1, 0.15) is 0 Å². The van der Waals surface area contributed by atoms with E-state index in [0.29, 0.717) is 36.6 Å². The molecule has 0 saturated heterocycles. The number of oxime groups is 1. The van der Waals surface area contributed by atoms with Crippen LogP contribution in [0.3, 0.4) is 0 Å². The van der Waals surface area contributed by atoms with E-state index in [1.54, 1.807) is 0 Å². The van der Waals surface area contributed by atoms with Crippen molar-refractivity contribution in [2.24, 2.45) is 21.9 Å². The number of methoxy groups -OCH3 is 1. The molecule has 0 radical (unpaired) electrons. The Hall–Kier alpha value is -0.0505. The molecule has 1 N–H and O–H groups in total. The molecule has 3 aliphatic rings. The van der Waals surface area contributed by atoms with E-state index >= 15 is 0 Å². The molecular weight excluding hydrogens is 329 g/mol. The Bertz CT molecular complexity index is 437. The van der Waals surface area contributed by atoms with Crippen LogP contribution < -0.4 is 0 Å². The van der Waals surface area contributed by atoms with Crippen LogP contribution in [0.2, 0.25) is 9.63 Å². The third-order valence-corrected chi connectivity index (χ3v) is 10.5. The summed E-state index contributed by atoms with van der Waals surface area (Å²) in [5, 5.41) is 13.5. The van der Waals surface area contributed by atoms with Crippen LogP contribution in [0, 0.1) is 16.7 Å². The maximum atomic E-state index is 9.68. The number of hydrogen-bond acceptors (Lipinski definition) is 3. The summed E-state index contributed by atoms with van der Waals surface area (Å²) in [5.74, 6) is 0.702. The van der Waals surface area contributed by atoms with Crippen molar-refractivity contribution in [1.29, 1.82) is 0 Å². The molecule has 0 amide bonds. The SMILES string of the molecule is COC1CCCCC1[Se][C@@H]1/C(=N\O)[C@]2(C)CC[C@H]1C2(C)C. The molecule has 0 aromatic heterocycles. The van der Waals surface area contributed by atoms with Gasteiger partial charge < -0.3 is 0 Å². The maximum absolute atomic E-state index is 9.68. The van der Waals surface area contributed by atoms with Gasteiger partial charge in [0, 0.05) is 0 Å².